The van der Waals surface area contributed by atoms with Gasteiger partial charge in [-0.15, -0.1) is 0 Å². The van der Waals surface area contributed by atoms with Crippen molar-refractivity contribution in [3.63, 3.8) is 0 Å². The molecule has 6 rings (SSSR count). The Morgan fingerprint density at radius 1 is 0.368 bits per heavy atom. The smallest absolute Gasteiger partial charge is 0.500 e. The van der Waals surface area contributed by atoms with Gasteiger partial charge in [-0.3, -0.25) is 0 Å². The van der Waals surface area contributed by atoms with E-state index in [4.69, 9.17) is 14.0 Å². The summed E-state index contributed by atoms with van der Waals surface area (Å²) in [5, 5.41) is 0. The first-order valence-corrected chi connectivity index (χ1v) is 22.2. The van der Waals surface area contributed by atoms with Crippen LogP contribution in [0.2, 0.25) is 0 Å². The van der Waals surface area contributed by atoms with Crippen LogP contribution < -0.4 is 9.31 Å². The molecule has 0 fully saturated rings. The second-order valence-corrected chi connectivity index (χ2v) is 18.7. The average Bonchev–Trinajstić information content (AvgIpc) is 3.15. The maximum Gasteiger partial charge on any atom is 0.787 e. The Balaban J connectivity index is 1.52. The minimum atomic E-state index is -1.06. The Kier molecular flexibility index (Phi) is 13.1. The summed E-state index contributed by atoms with van der Waals surface area (Å²) >= 11 is 15.5. The van der Waals surface area contributed by atoms with Crippen LogP contribution in [0.1, 0.15) is 66.8 Å². The maximum atomic E-state index is 6.82. The van der Waals surface area contributed by atoms with Gasteiger partial charge in [0.15, 0.2) is 0 Å². The molecule has 6 aromatic carbocycles. The van der Waals surface area contributed by atoms with E-state index in [2.05, 4.69) is 207 Å². The van der Waals surface area contributed by atoms with Gasteiger partial charge < -0.3 is 14.0 Å². The highest BCUT2D eigenvalue weighted by Crippen LogP contribution is 2.46. The Morgan fingerprint density at radius 2 is 0.649 bits per heavy atom. The largest absolute Gasteiger partial charge is 0.787 e. The Bertz CT molecular complexity index is 2420. The van der Waals surface area contributed by atoms with Crippen molar-refractivity contribution in [3.05, 3.63) is 145 Å². The zero-order chi connectivity index (χ0) is 41.8. The van der Waals surface area contributed by atoms with E-state index in [-0.39, 0.29) is 0 Å². The van der Waals surface area contributed by atoms with Crippen LogP contribution in [-0.4, -0.2) is 14.4 Å². The van der Waals surface area contributed by atoms with E-state index >= 15 is 0 Å². The van der Waals surface area contributed by atoms with Gasteiger partial charge in [-0.2, -0.15) is 0 Å². The summed E-state index contributed by atoms with van der Waals surface area (Å²) in [5.41, 5.74) is 23.0. The van der Waals surface area contributed by atoms with Crippen molar-refractivity contribution in [2.45, 2.75) is 83.1 Å². The van der Waals surface area contributed by atoms with Gasteiger partial charge in [-0.1, -0.05) is 100 Å². The van der Waals surface area contributed by atoms with Gasteiger partial charge in [0.2, 0.25) is 0 Å². The maximum absolute atomic E-state index is 6.82. The van der Waals surface area contributed by atoms with Crippen molar-refractivity contribution in [3.8, 4) is 56.0 Å². The highest BCUT2D eigenvalue weighted by molar-refractivity contribution is 9.11. The molecular formula is C49H49BBr4O3. The Hall–Kier alpha value is -3.14. The molecule has 0 N–H and O–H groups in total. The molecule has 0 aliphatic heterocycles. The molecule has 0 bridgehead atoms. The molecule has 0 saturated heterocycles. The van der Waals surface area contributed by atoms with Crippen molar-refractivity contribution in [2.24, 2.45) is 0 Å². The monoisotopic (exact) mass is 1010 g/mol. The van der Waals surface area contributed by atoms with Gasteiger partial charge in [0.05, 0.1) is 0 Å². The van der Waals surface area contributed by atoms with E-state index in [1.54, 1.807) is 7.11 Å². The second-order valence-electron chi connectivity index (χ2n) is 15.5. The fraction of sp³-hybridized carbons (Fsp3) is 0.265. The van der Waals surface area contributed by atoms with Gasteiger partial charge >= 0.3 is 7.32 Å². The van der Waals surface area contributed by atoms with Crippen LogP contribution >= 0.6 is 63.7 Å². The number of hydrogen-bond donors (Lipinski definition) is 0. The number of rotatable bonds is 9. The number of hydrogen-bond acceptors (Lipinski definition) is 3. The van der Waals surface area contributed by atoms with Crippen LogP contribution in [0.25, 0.3) is 44.5 Å². The molecule has 0 heterocycles. The summed E-state index contributed by atoms with van der Waals surface area (Å²) < 4.78 is 24.1. The van der Waals surface area contributed by atoms with E-state index in [1.807, 2.05) is 0 Å². The summed E-state index contributed by atoms with van der Waals surface area (Å²) in [6.07, 6.45) is 0. The standard InChI is InChI=1S/C49H49BBr4O3/c1-24-18-28(5)46(51)32(9)42(24)36-14-16-40(38(22-36)44-26(3)20-30(7)48(53)34(44)11)56-50(55-13)57-41-17-15-37(43-25(2)19-29(6)47(52)33(43)10)23-39(41)45-27(4)21-31(8)49(54)35(45)12/h14-23H,1-13H3. The quantitative estimate of drug-likeness (QED) is 0.135. The molecule has 3 nitrogen and oxygen atoms in total. The van der Waals surface area contributed by atoms with E-state index in [0.29, 0.717) is 11.5 Å². The predicted molar refractivity (Wildman–Crippen MR) is 256 cm³/mol. The molecule has 8 heteroatoms. The molecule has 0 aliphatic rings. The normalized spacial score (nSPS) is 11.3. The lowest BCUT2D eigenvalue weighted by Gasteiger charge is -2.24. The van der Waals surface area contributed by atoms with E-state index in [1.165, 1.54) is 55.6 Å². The molecule has 0 unspecified atom stereocenters. The molecule has 294 valence electrons. The first-order valence-electron chi connectivity index (χ1n) is 19.1. The minimum Gasteiger partial charge on any atom is -0.500 e. The lowest BCUT2D eigenvalue weighted by molar-refractivity contribution is 0.248. The summed E-state index contributed by atoms with van der Waals surface area (Å²) in [6, 6.07) is 21.8. The van der Waals surface area contributed by atoms with Crippen molar-refractivity contribution in [1.29, 1.82) is 0 Å². The molecule has 0 aromatic heterocycles. The van der Waals surface area contributed by atoms with E-state index < -0.39 is 7.32 Å². The number of benzene rings is 6. The molecule has 0 atom stereocenters. The number of halogens is 4. The SMILES string of the molecule is COB(Oc1ccc(-c2c(C)cc(C)c(Br)c2C)cc1-c1c(C)cc(C)c(Br)c1C)Oc1ccc(-c2c(C)cc(C)c(Br)c2C)cc1-c1c(C)cc(C)c(Br)c1C. The van der Waals surface area contributed by atoms with Crippen LogP contribution in [0.3, 0.4) is 0 Å². The summed E-state index contributed by atoms with van der Waals surface area (Å²) in [4.78, 5) is 0. The summed E-state index contributed by atoms with van der Waals surface area (Å²) in [5.74, 6) is 1.32. The topological polar surface area (TPSA) is 27.7 Å². The van der Waals surface area contributed by atoms with Gasteiger partial charge in [-0.05, 0) is 207 Å². The van der Waals surface area contributed by atoms with Crippen LogP contribution in [0.15, 0.2) is 78.6 Å². The molecule has 0 spiro atoms. The molecule has 0 saturated carbocycles. The Morgan fingerprint density at radius 3 is 0.947 bits per heavy atom. The summed E-state index contributed by atoms with van der Waals surface area (Å²) in [7, 11) is 0.565. The minimum absolute atomic E-state index is 0.661. The zero-order valence-corrected chi connectivity index (χ0v) is 41.4. The molecule has 57 heavy (non-hydrogen) atoms. The van der Waals surface area contributed by atoms with Crippen LogP contribution in [0.5, 0.6) is 11.5 Å². The highest BCUT2D eigenvalue weighted by atomic mass is 79.9. The first-order chi connectivity index (χ1) is 26.9. The molecule has 0 radical (unpaired) electrons. The van der Waals surface area contributed by atoms with Crippen molar-refractivity contribution in [2.75, 3.05) is 7.11 Å². The van der Waals surface area contributed by atoms with Gasteiger partial charge in [0, 0.05) is 36.1 Å². The van der Waals surface area contributed by atoms with Crippen LogP contribution in [0.4, 0.5) is 0 Å². The molecule has 0 amide bonds. The second kappa shape index (κ2) is 17.2. The third kappa shape index (κ3) is 8.24. The van der Waals surface area contributed by atoms with Crippen molar-refractivity contribution in [1.82, 2.24) is 0 Å². The summed E-state index contributed by atoms with van der Waals surface area (Å²) in [6.45, 7) is 25.9. The first kappa shape index (κ1) is 43.4. The number of aryl methyl sites for hydroxylation is 8. The lowest BCUT2D eigenvalue weighted by atomic mass is 9.88. The lowest BCUT2D eigenvalue weighted by Crippen LogP contribution is -2.33. The van der Waals surface area contributed by atoms with E-state index in [0.717, 1.165) is 73.5 Å². The fourth-order valence-corrected chi connectivity index (χ4v) is 9.91. The van der Waals surface area contributed by atoms with Crippen LogP contribution in [-0.2, 0) is 4.65 Å². The third-order valence-electron chi connectivity index (χ3n) is 11.2. The third-order valence-corrected chi connectivity index (χ3v) is 16.1. The zero-order valence-electron chi connectivity index (χ0n) is 35.1. The van der Waals surface area contributed by atoms with Gasteiger partial charge in [0.1, 0.15) is 11.5 Å². The molecule has 6 aromatic rings. The highest BCUT2D eigenvalue weighted by Gasteiger charge is 2.30. The van der Waals surface area contributed by atoms with Crippen LogP contribution in [0, 0.1) is 83.1 Å². The predicted octanol–water partition coefficient (Wildman–Crippen LogP) is 16.2. The van der Waals surface area contributed by atoms with Crippen molar-refractivity contribution >= 4 is 71.0 Å². The van der Waals surface area contributed by atoms with E-state index in [9.17, 15) is 0 Å². The van der Waals surface area contributed by atoms with Gasteiger partial charge in [0.25, 0.3) is 0 Å². The molecule has 0 aliphatic carbocycles. The van der Waals surface area contributed by atoms with Gasteiger partial charge in [-0.25, -0.2) is 0 Å². The van der Waals surface area contributed by atoms with Crippen molar-refractivity contribution < 1.29 is 14.0 Å². The Labute approximate surface area is 373 Å². The molecular weight excluding hydrogens is 967 g/mol. The average molecular weight is 1020 g/mol. The fourth-order valence-electron chi connectivity index (χ4n) is 8.66.